The molecule has 0 saturated carbocycles. The Morgan fingerprint density at radius 1 is 0.276 bits per heavy atom. The van der Waals surface area contributed by atoms with Crippen LogP contribution in [-0.2, 0) is 10.8 Å². The maximum Gasteiger partial charge on any atom is 0.0159 e. The van der Waals surface area contributed by atoms with Crippen LogP contribution in [0.4, 0.5) is 0 Å². The van der Waals surface area contributed by atoms with Crippen LogP contribution in [0.2, 0.25) is 0 Å². The maximum absolute atomic E-state index is 2.41. The first-order chi connectivity index (χ1) is 28.3. The third kappa shape index (κ3) is 4.46. The van der Waals surface area contributed by atoms with Gasteiger partial charge < -0.3 is 0 Å². The zero-order valence-corrected chi connectivity index (χ0v) is 33.3. The van der Waals surface area contributed by atoms with E-state index in [1.165, 1.54) is 121 Å². The second kappa shape index (κ2) is 11.9. The van der Waals surface area contributed by atoms with Gasteiger partial charge in [-0.3, -0.25) is 0 Å². The van der Waals surface area contributed by atoms with E-state index in [1.54, 1.807) is 0 Å². The summed E-state index contributed by atoms with van der Waals surface area (Å²) in [7, 11) is 0. The van der Waals surface area contributed by atoms with E-state index in [1.807, 2.05) is 0 Å². The lowest BCUT2D eigenvalue weighted by atomic mass is 9.81. The molecule has 58 heavy (non-hydrogen) atoms. The van der Waals surface area contributed by atoms with Gasteiger partial charge in [-0.25, -0.2) is 0 Å². The molecule has 0 atom stereocenters. The van der Waals surface area contributed by atoms with Gasteiger partial charge in [-0.05, 0) is 127 Å². The Balaban J connectivity index is 1.03. The minimum Gasteiger partial charge on any atom is -0.0619 e. The van der Waals surface area contributed by atoms with Gasteiger partial charge in [0.05, 0.1) is 0 Å². The van der Waals surface area contributed by atoms with Gasteiger partial charge in [-0.15, -0.1) is 0 Å². The molecule has 274 valence electrons. The van der Waals surface area contributed by atoms with Crippen LogP contribution in [0.3, 0.4) is 0 Å². The summed E-state index contributed by atoms with van der Waals surface area (Å²) in [5.74, 6) is 0. The Labute approximate surface area is 340 Å². The summed E-state index contributed by atoms with van der Waals surface area (Å²) in [5, 5.41) is 7.82. The maximum atomic E-state index is 2.41. The van der Waals surface area contributed by atoms with Crippen LogP contribution in [-0.4, -0.2) is 0 Å². The molecule has 0 bridgehead atoms. The van der Waals surface area contributed by atoms with E-state index in [0.29, 0.717) is 0 Å². The van der Waals surface area contributed by atoms with E-state index in [-0.39, 0.29) is 10.8 Å². The number of hydrogen-bond donors (Lipinski definition) is 0. The van der Waals surface area contributed by atoms with Gasteiger partial charge >= 0.3 is 0 Å². The summed E-state index contributed by atoms with van der Waals surface area (Å²) in [4.78, 5) is 0. The third-order valence-electron chi connectivity index (χ3n) is 13.9. The predicted octanol–water partition coefficient (Wildman–Crippen LogP) is 15.9. The zero-order valence-electron chi connectivity index (χ0n) is 33.3. The van der Waals surface area contributed by atoms with Gasteiger partial charge in [-0.2, -0.15) is 0 Å². The molecule has 0 heteroatoms. The Morgan fingerprint density at radius 3 is 1.28 bits per heavy atom. The van der Waals surface area contributed by atoms with Crippen molar-refractivity contribution in [3.8, 4) is 66.8 Å². The average Bonchev–Trinajstić information content (AvgIpc) is 3.65. The van der Waals surface area contributed by atoms with Crippen molar-refractivity contribution in [1.82, 2.24) is 0 Å². The second-order valence-electron chi connectivity index (χ2n) is 17.6. The molecular weight excluding hydrogens is 697 g/mol. The first-order valence-electron chi connectivity index (χ1n) is 20.7. The van der Waals surface area contributed by atoms with Crippen LogP contribution in [0.25, 0.3) is 99.1 Å². The van der Waals surface area contributed by atoms with Crippen molar-refractivity contribution in [2.24, 2.45) is 0 Å². The van der Waals surface area contributed by atoms with Gasteiger partial charge in [0.15, 0.2) is 0 Å². The Bertz CT molecular complexity index is 3330. The number of benzene rings is 10. The number of rotatable bonds is 4. The highest BCUT2D eigenvalue weighted by molar-refractivity contribution is 6.28. The first kappa shape index (κ1) is 33.4. The molecule has 10 aromatic carbocycles. The highest BCUT2D eigenvalue weighted by Crippen LogP contribution is 2.55. The van der Waals surface area contributed by atoms with E-state index >= 15 is 0 Å². The topological polar surface area (TPSA) is 0 Å². The van der Waals surface area contributed by atoms with Crippen molar-refractivity contribution in [1.29, 1.82) is 0 Å². The lowest BCUT2D eigenvalue weighted by Gasteiger charge is -2.22. The quantitative estimate of drug-likeness (QED) is 0.158. The van der Waals surface area contributed by atoms with Crippen LogP contribution in [0.15, 0.2) is 182 Å². The Morgan fingerprint density at radius 2 is 0.672 bits per heavy atom. The highest BCUT2D eigenvalue weighted by atomic mass is 14.4. The van der Waals surface area contributed by atoms with Crippen LogP contribution < -0.4 is 0 Å². The summed E-state index contributed by atoms with van der Waals surface area (Å²) in [6.07, 6.45) is 0. The van der Waals surface area contributed by atoms with Crippen molar-refractivity contribution in [3.05, 3.63) is 204 Å². The van der Waals surface area contributed by atoms with Gasteiger partial charge in [0.2, 0.25) is 0 Å². The third-order valence-corrected chi connectivity index (χ3v) is 13.9. The molecule has 2 aliphatic carbocycles. The molecule has 0 aliphatic heterocycles. The molecule has 0 unspecified atom stereocenters. The summed E-state index contributed by atoms with van der Waals surface area (Å²) >= 11 is 0. The fraction of sp³-hybridized carbons (Fsp3) is 0.103. The van der Waals surface area contributed by atoms with E-state index in [2.05, 4.69) is 210 Å². The Kier molecular flexibility index (Phi) is 6.84. The minimum atomic E-state index is -0.0510. The second-order valence-corrected chi connectivity index (χ2v) is 17.6. The number of hydrogen-bond acceptors (Lipinski definition) is 0. The standard InChI is InChI=1S/C58H42/c1-57(2)49-22-9-7-18-47(49)55-40(20-12-24-51(55)57)38-15-11-14-37(34-38)39-30-26-35-29-33-46-43(31-27-36-28-32-45(39)53(35)54(36)46)41-16-5-6-17-42(41)44-21-13-25-52-56(44)48-19-8-10-23-50(48)58(52,3)4/h5-34H,1-4H3. The summed E-state index contributed by atoms with van der Waals surface area (Å²) < 4.78 is 0. The minimum absolute atomic E-state index is 0.0333. The molecule has 0 radical (unpaired) electrons. The normalized spacial score (nSPS) is 14.5. The molecule has 12 rings (SSSR count). The van der Waals surface area contributed by atoms with E-state index in [4.69, 9.17) is 0 Å². The molecule has 0 saturated heterocycles. The molecule has 0 nitrogen and oxygen atoms in total. The SMILES string of the molecule is CC1(C)c2ccccc2-c2c(-c3cccc(-c4ccc5ccc6c(-c7ccccc7-c7cccc8c7-c7ccccc7C8(C)C)ccc7ccc4c5c76)c3)cccc21. The highest BCUT2D eigenvalue weighted by Gasteiger charge is 2.38. The monoisotopic (exact) mass is 738 g/mol. The van der Waals surface area contributed by atoms with Crippen LogP contribution in [0.5, 0.6) is 0 Å². The Hall–Kier alpha value is -6.76. The van der Waals surface area contributed by atoms with Crippen LogP contribution >= 0.6 is 0 Å². The van der Waals surface area contributed by atoms with Gasteiger partial charge in [-0.1, -0.05) is 204 Å². The van der Waals surface area contributed by atoms with E-state index in [0.717, 1.165) is 0 Å². The fourth-order valence-electron chi connectivity index (χ4n) is 11.1. The van der Waals surface area contributed by atoms with Crippen LogP contribution in [0, 0.1) is 0 Å². The molecule has 0 spiro atoms. The first-order valence-corrected chi connectivity index (χ1v) is 20.7. The lowest BCUT2D eigenvalue weighted by molar-refractivity contribution is 0.660. The summed E-state index contributed by atoms with van der Waals surface area (Å²) in [5.41, 5.74) is 21.2. The molecule has 0 amide bonds. The van der Waals surface area contributed by atoms with Gasteiger partial charge in [0, 0.05) is 10.8 Å². The summed E-state index contributed by atoms with van der Waals surface area (Å²) in [6.45, 7) is 9.46. The van der Waals surface area contributed by atoms with Crippen LogP contribution in [0.1, 0.15) is 49.9 Å². The van der Waals surface area contributed by atoms with Crippen molar-refractivity contribution in [3.63, 3.8) is 0 Å². The van der Waals surface area contributed by atoms with E-state index in [9.17, 15) is 0 Å². The van der Waals surface area contributed by atoms with Crippen molar-refractivity contribution >= 4 is 32.3 Å². The van der Waals surface area contributed by atoms with Crippen molar-refractivity contribution in [2.75, 3.05) is 0 Å². The van der Waals surface area contributed by atoms with Gasteiger partial charge in [0.25, 0.3) is 0 Å². The van der Waals surface area contributed by atoms with Crippen molar-refractivity contribution < 1.29 is 0 Å². The molecule has 0 aromatic heterocycles. The lowest BCUT2D eigenvalue weighted by Crippen LogP contribution is -2.14. The van der Waals surface area contributed by atoms with E-state index < -0.39 is 0 Å². The molecule has 0 N–H and O–H groups in total. The zero-order chi connectivity index (χ0) is 38.9. The molecule has 0 fully saturated rings. The van der Waals surface area contributed by atoms with Crippen molar-refractivity contribution in [2.45, 2.75) is 38.5 Å². The molecule has 10 aromatic rings. The molecule has 2 aliphatic rings. The summed E-state index contributed by atoms with van der Waals surface area (Å²) in [6, 6.07) is 68.7. The molecular formula is C58H42. The number of fused-ring (bicyclic) bond motifs is 6. The predicted molar refractivity (Wildman–Crippen MR) is 247 cm³/mol. The fourth-order valence-corrected chi connectivity index (χ4v) is 11.1. The largest absolute Gasteiger partial charge is 0.0619 e. The van der Waals surface area contributed by atoms with Gasteiger partial charge in [0.1, 0.15) is 0 Å². The average molecular weight is 739 g/mol. The molecule has 0 heterocycles. The smallest absolute Gasteiger partial charge is 0.0159 e.